The number of aromatic hydroxyl groups is 1. The van der Waals surface area contributed by atoms with Gasteiger partial charge in [-0.05, 0) is 90.0 Å². The van der Waals surface area contributed by atoms with Crippen molar-refractivity contribution in [1.82, 2.24) is 0 Å². The van der Waals surface area contributed by atoms with Crippen LogP contribution in [0.15, 0.2) is 24.3 Å². The molecule has 1 N–H and O–H groups in total. The van der Waals surface area contributed by atoms with Crippen LogP contribution in [0.25, 0.3) is 0 Å². The van der Waals surface area contributed by atoms with Crippen LogP contribution in [-0.4, -0.2) is 35.9 Å². The van der Waals surface area contributed by atoms with Gasteiger partial charge in [-0.15, -0.1) is 0 Å². The maximum atomic E-state index is 11.8. The van der Waals surface area contributed by atoms with Crippen LogP contribution in [-0.2, 0) is 19.1 Å². The maximum absolute atomic E-state index is 11.8. The second kappa shape index (κ2) is 10.5. The Labute approximate surface area is 186 Å². The van der Waals surface area contributed by atoms with Crippen LogP contribution in [0.1, 0.15) is 73.6 Å². The molecule has 0 spiro atoms. The molecule has 2 fully saturated rings. The van der Waals surface area contributed by atoms with E-state index >= 15 is 0 Å². The summed E-state index contributed by atoms with van der Waals surface area (Å²) >= 11 is 0. The van der Waals surface area contributed by atoms with Crippen LogP contribution >= 0.6 is 0 Å². The van der Waals surface area contributed by atoms with E-state index in [4.69, 9.17) is 19.3 Å². The van der Waals surface area contributed by atoms with Gasteiger partial charge in [-0.1, -0.05) is 13.8 Å². The summed E-state index contributed by atoms with van der Waals surface area (Å²) in [6.07, 6.45) is 5.90. The van der Waals surface area contributed by atoms with Crippen molar-refractivity contribution in [2.75, 3.05) is 6.61 Å². The van der Waals surface area contributed by atoms with E-state index in [0.717, 1.165) is 32.1 Å². The first-order valence-electron chi connectivity index (χ1n) is 11.3. The highest BCUT2D eigenvalue weighted by Gasteiger charge is 2.44. The van der Waals surface area contributed by atoms with Crippen LogP contribution in [0.3, 0.4) is 0 Å². The van der Waals surface area contributed by atoms with Gasteiger partial charge < -0.3 is 19.3 Å². The van der Waals surface area contributed by atoms with E-state index in [-0.39, 0.29) is 23.1 Å². The molecule has 0 aromatic heterocycles. The van der Waals surface area contributed by atoms with Crippen molar-refractivity contribution in [1.29, 1.82) is 0 Å². The Balaban J connectivity index is 0.000000221. The van der Waals surface area contributed by atoms with Crippen molar-refractivity contribution in [3.63, 3.8) is 0 Å². The summed E-state index contributed by atoms with van der Waals surface area (Å²) in [6.45, 7) is 12.1. The predicted molar refractivity (Wildman–Crippen MR) is 119 cm³/mol. The molecule has 0 radical (unpaired) electrons. The van der Waals surface area contributed by atoms with Crippen LogP contribution < -0.4 is 4.74 Å². The molecule has 1 aromatic rings. The third-order valence-corrected chi connectivity index (χ3v) is 6.48. The second-order valence-electron chi connectivity index (χ2n) is 9.85. The fourth-order valence-electron chi connectivity index (χ4n) is 3.08. The van der Waals surface area contributed by atoms with Crippen molar-refractivity contribution in [2.45, 2.75) is 85.9 Å². The van der Waals surface area contributed by atoms with Gasteiger partial charge in [-0.25, -0.2) is 0 Å². The molecule has 3 atom stereocenters. The van der Waals surface area contributed by atoms with E-state index in [1.165, 1.54) is 12.1 Å². The number of carbonyl (C=O) groups excluding carboxylic acids is 2. The number of epoxide rings is 1. The predicted octanol–water partition coefficient (Wildman–Crippen LogP) is 5.27. The summed E-state index contributed by atoms with van der Waals surface area (Å²) in [6, 6.07) is 6.11. The van der Waals surface area contributed by atoms with Crippen molar-refractivity contribution in [3.8, 4) is 11.5 Å². The van der Waals surface area contributed by atoms with Crippen LogP contribution in [0.2, 0.25) is 0 Å². The zero-order chi connectivity index (χ0) is 23.2. The number of ether oxygens (including phenoxy) is 3. The number of hydrogen-bond acceptors (Lipinski definition) is 6. The van der Waals surface area contributed by atoms with Crippen molar-refractivity contribution >= 4 is 11.9 Å². The molecule has 1 aliphatic heterocycles. The summed E-state index contributed by atoms with van der Waals surface area (Å²) in [4.78, 5) is 23.4. The van der Waals surface area contributed by atoms with Gasteiger partial charge in [0.05, 0.1) is 29.6 Å². The maximum Gasteiger partial charge on any atom is 0.316 e. The molecule has 1 heterocycles. The highest BCUT2D eigenvalue weighted by Crippen LogP contribution is 2.39. The molecule has 3 rings (SSSR count). The van der Waals surface area contributed by atoms with Crippen molar-refractivity contribution in [3.05, 3.63) is 24.3 Å². The minimum absolute atomic E-state index is 0.0613. The first-order chi connectivity index (χ1) is 14.5. The quantitative estimate of drug-likeness (QED) is 0.358. The zero-order valence-corrected chi connectivity index (χ0v) is 19.8. The van der Waals surface area contributed by atoms with Gasteiger partial charge in [0.15, 0.2) is 0 Å². The number of fused-ring (bicyclic) bond motifs is 1. The number of phenolic OH excluding ortho intramolecular Hbond substituents is 1. The molecule has 2 aliphatic rings. The van der Waals surface area contributed by atoms with E-state index in [9.17, 15) is 9.59 Å². The van der Waals surface area contributed by atoms with Gasteiger partial charge in [-0.3, -0.25) is 9.59 Å². The van der Waals surface area contributed by atoms with Gasteiger partial charge in [-0.2, -0.15) is 0 Å². The highest BCUT2D eigenvalue weighted by molar-refractivity contribution is 5.78. The Kier molecular flexibility index (Phi) is 8.52. The summed E-state index contributed by atoms with van der Waals surface area (Å²) in [5.74, 6) is 0.814. The molecule has 1 saturated heterocycles. The molecule has 6 nitrogen and oxygen atoms in total. The lowest BCUT2D eigenvalue weighted by atomic mass is 9.89. The Hall–Kier alpha value is -2.08. The fraction of sp³-hybridized carbons (Fsp3) is 0.680. The molecule has 1 saturated carbocycles. The van der Waals surface area contributed by atoms with E-state index in [1.807, 2.05) is 41.5 Å². The first-order valence-corrected chi connectivity index (χ1v) is 11.3. The number of carbonyl (C=O) groups is 2. The smallest absolute Gasteiger partial charge is 0.316 e. The molecule has 31 heavy (non-hydrogen) atoms. The molecular formula is C25H38O6. The Morgan fingerprint density at radius 3 is 2.10 bits per heavy atom. The molecular weight excluding hydrogens is 396 g/mol. The number of benzene rings is 1. The van der Waals surface area contributed by atoms with E-state index in [0.29, 0.717) is 30.5 Å². The normalized spacial score (nSPS) is 22.5. The molecule has 1 aromatic carbocycles. The number of rotatable bonds is 7. The topological polar surface area (TPSA) is 85.4 Å². The lowest BCUT2D eigenvalue weighted by molar-refractivity contribution is -0.155. The SMILES string of the molecule is CCC(C)(C)C(=O)OCC1CCC2OC2C1.CCC(C)(C)C(=O)Oc1ccc(O)cc1. The van der Waals surface area contributed by atoms with Crippen LogP contribution in [0, 0.1) is 16.7 Å². The molecule has 0 amide bonds. The largest absolute Gasteiger partial charge is 0.508 e. The highest BCUT2D eigenvalue weighted by atomic mass is 16.6. The number of phenols is 1. The average Bonchev–Trinajstić information content (AvgIpc) is 3.52. The zero-order valence-electron chi connectivity index (χ0n) is 19.8. The monoisotopic (exact) mass is 434 g/mol. The lowest BCUT2D eigenvalue weighted by Gasteiger charge is -2.24. The number of esters is 2. The molecule has 3 unspecified atom stereocenters. The Morgan fingerprint density at radius 1 is 0.968 bits per heavy atom. The lowest BCUT2D eigenvalue weighted by Crippen LogP contribution is -2.29. The summed E-state index contributed by atoms with van der Waals surface area (Å²) in [5, 5.41) is 9.06. The molecule has 6 heteroatoms. The summed E-state index contributed by atoms with van der Waals surface area (Å²) in [5.41, 5.74) is -0.814. The van der Waals surface area contributed by atoms with Gasteiger partial charge in [0.25, 0.3) is 0 Å². The number of hydrogen-bond donors (Lipinski definition) is 1. The minimum atomic E-state index is -0.474. The third-order valence-electron chi connectivity index (χ3n) is 6.48. The van der Waals surface area contributed by atoms with E-state index in [1.54, 1.807) is 12.1 Å². The average molecular weight is 435 g/mol. The van der Waals surface area contributed by atoms with Gasteiger partial charge >= 0.3 is 11.9 Å². The summed E-state index contributed by atoms with van der Waals surface area (Å²) < 4.78 is 16.0. The standard InChI is InChI=1S/C13H22O3.C12H16O3/c1-4-13(2,3)12(14)15-8-9-5-6-10-11(7-9)16-10;1-4-12(2,3)11(14)15-10-7-5-9(13)6-8-10/h9-11H,4-8H2,1-3H3;5-8,13H,4H2,1-3H3. The van der Waals surface area contributed by atoms with E-state index in [2.05, 4.69) is 0 Å². The van der Waals surface area contributed by atoms with E-state index < -0.39 is 5.41 Å². The Morgan fingerprint density at radius 2 is 1.55 bits per heavy atom. The fourth-order valence-corrected chi connectivity index (χ4v) is 3.08. The van der Waals surface area contributed by atoms with Crippen molar-refractivity contribution in [2.24, 2.45) is 16.7 Å². The Bertz CT molecular complexity index is 737. The van der Waals surface area contributed by atoms with Crippen LogP contribution in [0.5, 0.6) is 11.5 Å². The minimum Gasteiger partial charge on any atom is -0.508 e. The molecule has 174 valence electrons. The summed E-state index contributed by atoms with van der Waals surface area (Å²) in [7, 11) is 0. The molecule has 1 aliphatic carbocycles. The van der Waals surface area contributed by atoms with Crippen molar-refractivity contribution < 1.29 is 28.9 Å². The first kappa shape index (κ1) is 25.2. The van der Waals surface area contributed by atoms with Gasteiger partial charge in [0.1, 0.15) is 11.5 Å². The van der Waals surface area contributed by atoms with Gasteiger partial charge in [0.2, 0.25) is 0 Å². The van der Waals surface area contributed by atoms with Crippen LogP contribution in [0.4, 0.5) is 0 Å². The third kappa shape index (κ3) is 7.53. The van der Waals surface area contributed by atoms with Gasteiger partial charge in [0, 0.05) is 0 Å². The second-order valence-corrected chi connectivity index (χ2v) is 9.85. The molecule has 0 bridgehead atoms.